The van der Waals surface area contributed by atoms with E-state index >= 15 is 0 Å². The molecule has 1 unspecified atom stereocenters. The topological polar surface area (TPSA) is 58.6 Å². The second kappa shape index (κ2) is 6.95. The van der Waals surface area contributed by atoms with Crippen LogP contribution in [0.1, 0.15) is 38.2 Å². The van der Waals surface area contributed by atoms with Gasteiger partial charge in [-0.2, -0.15) is 0 Å². The van der Waals surface area contributed by atoms with Crippen molar-refractivity contribution in [1.82, 2.24) is 5.32 Å². The fourth-order valence-corrected chi connectivity index (χ4v) is 2.62. The second-order valence-corrected chi connectivity index (χ2v) is 5.58. The number of ether oxygens (including phenoxy) is 1. The summed E-state index contributed by atoms with van der Waals surface area (Å²) in [6.07, 6.45) is 3.85. The Balaban J connectivity index is 1.92. The van der Waals surface area contributed by atoms with Gasteiger partial charge in [0.15, 0.2) is 6.10 Å². The fourth-order valence-electron chi connectivity index (χ4n) is 2.37. The first kappa shape index (κ1) is 15.1. The van der Waals surface area contributed by atoms with Gasteiger partial charge in [-0.25, -0.2) is 0 Å². The zero-order chi connectivity index (χ0) is 14.5. The average Bonchev–Trinajstić information content (AvgIpc) is 2.93. The third-order valence-electron chi connectivity index (χ3n) is 3.55. The monoisotopic (exact) mass is 297 g/mol. The molecular formula is C15H20ClNO3. The maximum Gasteiger partial charge on any atom is 0.260 e. The molecule has 1 aliphatic carbocycles. The Morgan fingerprint density at radius 2 is 2.20 bits per heavy atom. The van der Waals surface area contributed by atoms with E-state index in [-0.39, 0.29) is 18.6 Å². The lowest BCUT2D eigenvalue weighted by atomic mass is 10.2. The number of nitrogens with one attached hydrogen (secondary N) is 1. The summed E-state index contributed by atoms with van der Waals surface area (Å²) in [6, 6.07) is 5.31. The number of benzene rings is 1. The highest BCUT2D eigenvalue weighted by Gasteiger charge is 2.22. The lowest BCUT2D eigenvalue weighted by Gasteiger charge is -2.18. The van der Waals surface area contributed by atoms with Gasteiger partial charge in [-0.15, -0.1) is 0 Å². The van der Waals surface area contributed by atoms with Crippen LogP contribution in [0.5, 0.6) is 5.75 Å². The third kappa shape index (κ3) is 3.87. The summed E-state index contributed by atoms with van der Waals surface area (Å²) < 4.78 is 5.59. The van der Waals surface area contributed by atoms with Crippen molar-refractivity contribution in [2.45, 2.75) is 51.4 Å². The van der Waals surface area contributed by atoms with Gasteiger partial charge in [0.05, 0.1) is 11.6 Å². The molecule has 0 saturated heterocycles. The molecule has 4 nitrogen and oxygen atoms in total. The van der Waals surface area contributed by atoms with Gasteiger partial charge in [0.1, 0.15) is 5.75 Å². The molecule has 1 fully saturated rings. The summed E-state index contributed by atoms with van der Waals surface area (Å²) >= 11 is 6.06. The van der Waals surface area contributed by atoms with Gasteiger partial charge in [-0.05, 0) is 37.5 Å². The van der Waals surface area contributed by atoms with Crippen LogP contribution in [-0.2, 0) is 11.4 Å². The highest BCUT2D eigenvalue weighted by molar-refractivity contribution is 6.32. The summed E-state index contributed by atoms with van der Waals surface area (Å²) in [6.45, 7) is 1.64. The van der Waals surface area contributed by atoms with Crippen molar-refractivity contribution < 1.29 is 14.6 Å². The number of rotatable bonds is 5. The van der Waals surface area contributed by atoms with E-state index in [9.17, 15) is 4.79 Å². The molecule has 1 saturated carbocycles. The Morgan fingerprint density at radius 1 is 1.50 bits per heavy atom. The van der Waals surface area contributed by atoms with Crippen LogP contribution in [0.3, 0.4) is 0 Å². The highest BCUT2D eigenvalue weighted by atomic mass is 35.5. The summed E-state index contributed by atoms with van der Waals surface area (Å²) in [5.74, 6) is 0.345. The van der Waals surface area contributed by atoms with E-state index in [1.165, 1.54) is 12.8 Å². The summed E-state index contributed by atoms with van der Waals surface area (Å²) in [7, 11) is 0. The lowest BCUT2D eigenvalue weighted by molar-refractivity contribution is -0.127. The third-order valence-corrected chi connectivity index (χ3v) is 3.85. The quantitative estimate of drug-likeness (QED) is 0.878. The molecule has 1 atom stereocenters. The second-order valence-electron chi connectivity index (χ2n) is 5.17. The minimum atomic E-state index is -0.590. The van der Waals surface area contributed by atoms with Gasteiger partial charge in [0.25, 0.3) is 5.91 Å². The number of carbonyl (C=O) groups excluding carboxylic acids is 1. The SMILES string of the molecule is CC(Oc1ccc(CO)cc1Cl)C(=O)NC1CCCC1. The smallest absolute Gasteiger partial charge is 0.260 e. The van der Waals surface area contributed by atoms with Gasteiger partial charge in [0, 0.05) is 6.04 Å². The van der Waals surface area contributed by atoms with E-state index in [0.717, 1.165) is 12.8 Å². The summed E-state index contributed by atoms with van der Waals surface area (Å²) in [5.41, 5.74) is 0.713. The first-order valence-electron chi connectivity index (χ1n) is 6.96. The molecule has 1 amide bonds. The van der Waals surface area contributed by atoms with Gasteiger partial charge in [-0.3, -0.25) is 4.79 Å². The van der Waals surface area contributed by atoms with Crippen LogP contribution in [0.25, 0.3) is 0 Å². The average molecular weight is 298 g/mol. The number of carbonyl (C=O) groups is 1. The molecule has 0 heterocycles. The van der Waals surface area contributed by atoms with Crippen LogP contribution >= 0.6 is 11.6 Å². The Hall–Kier alpha value is -1.26. The summed E-state index contributed by atoms with van der Waals surface area (Å²) in [5, 5.41) is 12.4. The predicted molar refractivity (Wildman–Crippen MR) is 77.9 cm³/mol. The van der Waals surface area contributed by atoms with Gasteiger partial charge >= 0.3 is 0 Å². The molecule has 2 N–H and O–H groups in total. The number of hydrogen-bond acceptors (Lipinski definition) is 3. The van der Waals surface area contributed by atoms with Crippen molar-refractivity contribution >= 4 is 17.5 Å². The molecule has 1 aromatic carbocycles. The maximum atomic E-state index is 12.0. The van der Waals surface area contributed by atoms with Gasteiger partial charge < -0.3 is 15.2 Å². The van der Waals surface area contributed by atoms with Crippen molar-refractivity contribution in [3.63, 3.8) is 0 Å². The van der Waals surface area contributed by atoms with Crippen molar-refractivity contribution in [3.8, 4) is 5.75 Å². The van der Waals surface area contributed by atoms with Crippen molar-refractivity contribution in [1.29, 1.82) is 0 Å². The number of hydrogen-bond donors (Lipinski definition) is 2. The van der Waals surface area contributed by atoms with Gasteiger partial charge in [-0.1, -0.05) is 30.5 Å². The van der Waals surface area contributed by atoms with Crippen molar-refractivity contribution in [2.24, 2.45) is 0 Å². The van der Waals surface area contributed by atoms with Crippen LogP contribution in [0.15, 0.2) is 18.2 Å². The molecular weight excluding hydrogens is 278 g/mol. The lowest BCUT2D eigenvalue weighted by Crippen LogP contribution is -2.41. The molecule has 0 radical (unpaired) electrons. The van der Waals surface area contributed by atoms with E-state index in [1.807, 2.05) is 0 Å². The summed E-state index contributed by atoms with van der Waals surface area (Å²) in [4.78, 5) is 12.0. The first-order valence-corrected chi connectivity index (χ1v) is 7.34. The Morgan fingerprint density at radius 3 is 2.80 bits per heavy atom. The van der Waals surface area contributed by atoms with Crippen LogP contribution < -0.4 is 10.1 Å². The minimum absolute atomic E-state index is 0.0717. The van der Waals surface area contributed by atoms with Crippen molar-refractivity contribution in [3.05, 3.63) is 28.8 Å². The van der Waals surface area contributed by atoms with Crippen LogP contribution in [0, 0.1) is 0 Å². The zero-order valence-electron chi connectivity index (χ0n) is 11.6. The fraction of sp³-hybridized carbons (Fsp3) is 0.533. The van der Waals surface area contributed by atoms with Gasteiger partial charge in [0.2, 0.25) is 0 Å². The van der Waals surface area contributed by atoms with Crippen LogP contribution in [0.2, 0.25) is 5.02 Å². The molecule has 0 aliphatic heterocycles. The number of aliphatic hydroxyl groups is 1. The molecule has 0 bridgehead atoms. The van der Waals surface area contributed by atoms with E-state index < -0.39 is 6.10 Å². The standard InChI is InChI=1S/C15H20ClNO3/c1-10(15(19)17-12-4-2-3-5-12)20-14-7-6-11(9-18)8-13(14)16/h6-8,10,12,18H,2-5,9H2,1H3,(H,17,19). The number of aliphatic hydroxyl groups excluding tert-OH is 1. The Bertz CT molecular complexity index is 472. The Labute approximate surface area is 124 Å². The molecule has 110 valence electrons. The first-order chi connectivity index (χ1) is 9.60. The minimum Gasteiger partial charge on any atom is -0.479 e. The van der Waals surface area contributed by atoms with E-state index in [4.69, 9.17) is 21.4 Å². The molecule has 0 aromatic heterocycles. The Kier molecular flexibility index (Phi) is 5.26. The zero-order valence-corrected chi connectivity index (χ0v) is 12.3. The normalized spacial score (nSPS) is 16.9. The largest absolute Gasteiger partial charge is 0.479 e. The molecule has 20 heavy (non-hydrogen) atoms. The molecule has 1 aliphatic rings. The number of halogens is 1. The molecule has 0 spiro atoms. The molecule has 1 aromatic rings. The number of amides is 1. The predicted octanol–water partition coefficient (Wildman–Crippen LogP) is 2.66. The van der Waals surface area contributed by atoms with E-state index in [2.05, 4.69) is 5.32 Å². The molecule has 5 heteroatoms. The van der Waals surface area contributed by atoms with E-state index in [1.54, 1.807) is 25.1 Å². The van der Waals surface area contributed by atoms with E-state index in [0.29, 0.717) is 16.3 Å². The van der Waals surface area contributed by atoms with Crippen LogP contribution in [-0.4, -0.2) is 23.2 Å². The maximum absolute atomic E-state index is 12.0. The highest BCUT2D eigenvalue weighted by Crippen LogP contribution is 2.26. The van der Waals surface area contributed by atoms with Crippen LogP contribution in [0.4, 0.5) is 0 Å². The van der Waals surface area contributed by atoms with Crippen molar-refractivity contribution in [2.75, 3.05) is 0 Å². The molecule has 2 rings (SSSR count).